The second kappa shape index (κ2) is 6.48. The van der Waals surface area contributed by atoms with Gasteiger partial charge in [0.2, 0.25) is 0 Å². The lowest BCUT2D eigenvalue weighted by atomic mass is 9.83. The highest BCUT2D eigenvalue weighted by Gasteiger charge is 2.32. The molecule has 4 aromatic rings. The molecule has 0 saturated heterocycles. The molecule has 1 aliphatic carbocycles. The number of phenols is 1. The molecule has 0 spiro atoms. The Labute approximate surface area is 165 Å². The molecular weight excluding hydrogens is 371 g/mol. The standard InChI is InChI=1S/C22H17FN4O2/c1-12-20(13-6-8-15(23)9-7-13)22-25-24-21-17(27(22)26-12)10-14(11-19(21)29)16-4-2-3-5-18(16)28/h2-9,14,28H,10-11H2,1H3/t14-/m0/s1. The Morgan fingerprint density at radius 1 is 1.07 bits per heavy atom. The topological polar surface area (TPSA) is 80.4 Å². The number of fused-ring (bicyclic) bond motifs is 3. The summed E-state index contributed by atoms with van der Waals surface area (Å²) in [5.74, 6) is -0.425. The lowest BCUT2D eigenvalue weighted by Crippen LogP contribution is -2.24. The second-order valence-corrected chi connectivity index (χ2v) is 7.29. The van der Waals surface area contributed by atoms with Crippen LogP contribution in [0.2, 0.25) is 0 Å². The summed E-state index contributed by atoms with van der Waals surface area (Å²) in [5.41, 5.74) is 4.52. The number of halogens is 1. The van der Waals surface area contributed by atoms with Crippen LogP contribution in [-0.2, 0) is 6.42 Å². The van der Waals surface area contributed by atoms with Gasteiger partial charge in [-0.05, 0) is 42.7 Å². The normalized spacial score (nSPS) is 16.2. The molecule has 144 valence electrons. The number of phenolic OH excluding ortho intramolecular Hbond substituents is 1. The van der Waals surface area contributed by atoms with Crippen molar-refractivity contribution in [2.24, 2.45) is 0 Å². The highest BCUT2D eigenvalue weighted by Crippen LogP contribution is 2.37. The number of carbonyl (C=O) groups is 1. The van der Waals surface area contributed by atoms with E-state index in [0.29, 0.717) is 23.5 Å². The summed E-state index contributed by atoms with van der Waals surface area (Å²) in [7, 11) is 0. The monoisotopic (exact) mass is 388 g/mol. The van der Waals surface area contributed by atoms with Gasteiger partial charge in [0.1, 0.15) is 11.6 Å². The van der Waals surface area contributed by atoms with Crippen LogP contribution in [0.5, 0.6) is 5.75 Å². The molecular formula is C22H17FN4O2. The molecule has 0 saturated carbocycles. The molecule has 0 amide bonds. The van der Waals surface area contributed by atoms with E-state index in [1.165, 1.54) is 12.1 Å². The zero-order chi connectivity index (χ0) is 20.1. The summed E-state index contributed by atoms with van der Waals surface area (Å²) in [5, 5.41) is 23.3. The maximum Gasteiger partial charge on any atom is 0.185 e. The number of aryl methyl sites for hydroxylation is 1. The van der Waals surface area contributed by atoms with Gasteiger partial charge in [-0.3, -0.25) is 4.79 Å². The predicted molar refractivity (Wildman–Crippen MR) is 104 cm³/mol. The lowest BCUT2D eigenvalue weighted by molar-refractivity contribution is 0.0955. The van der Waals surface area contributed by atoms with Gasteiger partial charge in [0, 0.05) is 12.3 Å². The van der Waals surface area contributed by atoms with Crippen molar-refractivity contribution in [1.82, 2.24) is 19.8 Å². The van der Waals surface area contributed by atoms with Crippen molar-refractivity contribution in [3.8, 4) is 16.9 Å². The molecule has 2 aromatic carbocycles. The highest BCUT2D eigenvalue weighted by atomic mass is 19.1. The molecule has 1 aliphatic rings. The first-order valence-corrected chi connectivity index (χ1v) is 9.35. The number of para-hydroxylation sites is 1. The quantitative estimate of drug-likeness (QED) is 0.564. The largest absolute Gasteiger partial charge is 0.508 e. The van der Waals surface area contributed by atoms with E-state index >= 15 is 0 Å². The number of Topliss-reactive ketones (excluding diaryl/α,β-unsaturated/α-hetero) is 1. The Hall–Kier alpha value is -3.61. The molecule has 0 aliphatic heterocycles. The van der Waals surface area contributed by atoms with Crippen LogP contribution in [0.3, 0.4) is 0 Å². The minimum atomic E-state index is -0.317. The number of hydrogen-bond donors (Lipinski definition) is 1. The molecule has 29 heavy (non-hydrogen) atoms. The average Bonchev–Trinajstić information content (AvgIpc) is 3.05. The van der Waals surface area contributed by atoms with E-state index in [0.717, 1.165) is 22.4 Å². The Morgan fingerprint density at radius 3 is 2.59 bits per heavy atom. The van der Waals surface area contributed by atoms with Crippen molar-refractivity contribution in [3.63, 3.8) is 0 Å². The first-order chi connectivity index (χ1) is 14.0. The summed E-state index contributed by atoms with van der Waals surface area (Å²) < 4.78 is 15.0. The summed E-state index contributed by atoms with van der Waals surface area (Å²) in [6.45, 7) is 1.85. The fraction of sp³-hybridized carbons (Fsp3) is 0.182. The van der Waals surface area contributed by atoms with E-state index in [2.05, 4.69) is 15.3 Å². The summed E-state index contributed by atoms with van der Waals surface area (Å²) >= 11 is 0. The van der Waals surface area contributed by atoms with Crippen LogP contribution in [-0.4, -0.2) is 30.7 Å². The third-order valence-corrected chi connectivity index (χ3v) is 5.45. The smallest absolute Gasteiger partial charge is 0.185 e. The Kier molecular flexibility index (Phi) is 3.91. The SMILES string of the molecule is Cc1nn2c3c(nnc2c1-c1ccc(F)cc1)C(=O)C[C@@H](c1ccccc1O)C3. The number of benzene rings is 2. The zero-order valence-electron chi connectivity index (χ0n) is 15.6. The van der Waals surface area contributed by atoms with E-state index in [1.807, 2.05) is 19.1 Å². The van der Waals surface area contributed by atoms with E-state index < -0.39 is 0 Å². The minimum absolute atomic E-state index is 0.120. The summed E-state index contributed by atoms with van der Waals surface area (Å²) in [6, 6.07) is 13.2. The predicted octanol–water partition coefficient (Wildman–Crippen LogP) is 3.86. The number of aromatic hydroxyl groups is 1. The molecule has 1 N–H and O–H groups in total. The molecule has 5 rings (SSSR count). The molecule has 0 fully saturated rings. The Bertz CT molecular complexity index is 1260. The molecule has 1 atom stereocenters. The molecule has 0 radical (unpaired) electrons. The molecule has 0 bridgehead atoms. The van der Waals surface area contributed by atoms with Crippen LogP contribution < -0.4 is 0 Å². The van der Waals surface area contributed by atoms with Gasteiger partial charge in [-0.15, -0.1) is 10.2 Å². The van der Waals surface area contributed by atoms with Crippen molar-refractivity contribution in [2.45, 2.75) is 25.7 Å². The van der Waals surface area contributed by atoms with Gasteiger partial charge in [0.25, 0.3) is 0 Å². The molecule has 0 unspecified atom stereocenters. The van der Waals surface area contributed by atoms with E-state index in [1.54, 1.807) is 28.8 Å². The van der Waals surface area contributed by atoms with E-state index in [4.69, 9.17) is 0 Å². The van der Waals surface area contributed by atoms with E-state index in [9.17, 15) is 14.3 Å². The highest BCUT2D eigenvalue weighted by molar-refractivity contribution is 5.97. The van der Waals surface area contributed by atoms with Crippen LogP contribution >= 0.6 is 0 Å². The number of hydrogen-bond acceptors (Lipinski definition) is 5. The van der Waals surface area contributed by atoms with E-state index in [-0.39, 0.29) is 29.7 Å². The van der Waals surface area contributed by atoms with Gasteiger partial charge in [0.15, 0.2) is 17.1 Å². The Morgan fingerprint density at radius 2 is 1.83 bits per heavy atom. The minimum Gasteiger partial charge on any atom is -0.508 e. The van der Waals surface area contributed by atoms with Crippen molar-refractivity contribution in [3.05, 3.63) is 77.0 Å². The van der Waals surface area contributed by atoms with Crippen LogP contribution in [0.15, 0.2) is 48.5 Å². The number of ketones is 1. The van der Waals surface area contributed by atoms with Gasteiger partial charge in [0.05, 0.1) is 17.0 Å². The first kappa shape index (κ1) is 17.5. The fourth-order valence-corrected chi connectivity index (χ4v) is 4.08. The van der Waals surface area contributed by atoms with Gasteiger partial charge < -0.3 is 5.11 Å². The lowest BCUT2D eigenvalue weighted by Gasteiger charge is -2.23. The average molecular weight is 388 g/mol. The van der Waals surface area contributed by atoms with Gasteiger partial charge >= 0.3 is 0 Å². The van der Waals surface area contributed by atoms with Gasteiger partial charge in [-0.1, -0.05) is 30.3 Å². The number of rotatable bonds is 2. The maximum absolute atomic E-state index is 13.3. The van der Waals surface area contributed by atoms with Gasteiger partial charge in [-0.25, -0.2) is 8.91 Å². The Balaban J connectivity index is 1.67. The molecule has 7 heteroatoms. The van der Waals surface area contributed by atoms with Crippen molar-refractivity contribution >= 4 is 11.4 Å². The van der Waals surface area contributed by atoms with Crippen LogP contribution in [0.1, 0.15) is 39.8 Å². The number of carbonyl (C=O) groups excluding carboxylic acids is 1. The van der Waals surface area contributed by atoms with Crippen molar-refractivity contribution in [2.75, 3.05) is 0 Å². The van der Waals surface area contributed by atoms with Crippen LogP contribution in [0.25, 0.3) is 16.8 Å². The first-order valence-electron chi connectivity index (χ1n) is 9.35. The summed E-state index contributed by atoms with van der Waals surface area (Å²) in [4.78, 5) is 12.8. The van der Waals surface area contributed by atoms with Crippen molar-refractivity contribution < 1.29 is 14.3 Å². The second-order valence-electron chi connectivity index (χ2n) is 7.29. The number of nitrogens with zero attached hydrogens (tertiary/aromatic N) is 4. The third kappa shape index (κ3) is 2.77. The maximum atomic E-state index is 13.3. The molecule has 6 nitrogen and oxygen atoms in total. The van der Waals surface area contributed by atoms with Crippen molar-refractivity contribution in [1.29, 1.82) is 0 Å². The molecule has 2 heterocycles. The fourth-order valence-electron chi connectivity index (χ4n) is 4.08. The zero-order valence-corrected chi connectivity index (χ0v) is 15.6. The summed E-state index contributed by atoms with van der Waals surface area (Å²) in [6.07, 6.45) is 0.768. The third-order valence-electron chi connectivity index (χ3n) is 5.45. The molecule has 2 aromatic heterocycles. The van der Waals surface area contributed by atoms with Crippen LogP contribution in [0, 0.1) is 12.7 Å². The van der Waals surface area contributed by atoms with Gasteiger partial charge in [-0.2, -0.15) is 5.10 Å². The number of aromatic nitrogens is 4. The van der Waals surface area contributed by atoms with Crippen LogP contribution in [0.4, 0.5) is 4.39 Å².